The molecule has 0 bridgehead atoms. The lowest BCUT2D eigenvalue weighted by atomic mass is 9.67. The van der Waals surface area contributed by atoms with Crippen molar-refractivity contribution in [2.75, 3.05) is 14.2 Å². The van der Waals surface area contributed by atoms with E-state index in [1.165, 1.54) is 0 Å². The Hall–Kier alpha value is -1.15. The summed E-state index contributed by atoms with van der Waals surface area (Å²) in [5, 5.41) is 49.5. The van der Waals surface area contributed by atoms with E-state index in [0.29, 0.717) is 18.4 Å². The molecular weight excluding hydrogens is 618 g/mol. The Morgan fingerprint density at radius 1 is 0.979 bits per heavy atom. The van der Waals surface area contributed by atoms with Gasteiger partial charge in [0.1, 0.15) is 18.3 Å². The molecule has 280 valence electrons. The largest absolute Gasteiger partial charge is 0.462 e. The van der Waals surface area contributed by atoms with Crippen LogP contribution in [0.4, 0.5) is 0 Å². The number of cyclic esters (lactones) is 1. The third-order valence-electron chi connectivity index (χ3n) is 12.2. The Labute approximate surface area is 289 Å². The molecule has 0 saturated carbocycles. The first-order chi connectivity index (χ1) is 22.2. The predicted molar refractivity (Wildman–Crippen MR) is 183 cm³/mol. The zero-order chi connectivity index (χ0) is 36.5. The van der Waals surface area contributed by atoms with Crippen LogP contribution in [0.2, 0.25) is 0 Å². The van der Waals surface area contributed by atoms with Gasteiger partial charge in [0.25, 0.3) is 0 Å². The van der Waals surface area contributed by atoms with Gasteiger partial charge in [0.2, 0.25) is 0 Å². The van der Waals surface area contributed by atoms with Gasteiger partial charge in [-0.05, 0) is 77.3 Å². The summed E-state index contributed by atoms with van der Waals surface area (Å²) in [5.74, 6) is -3.07. The highest BCUT2D eigenvalue weighted by atomic mass is 16.7. The first-order valence-electron chi connectivity index (χ1n) is 18.1. The number of ether oxygens (including phenoxy) is 5. The summed E-state index contributed by atoms with van der Waals surface area (Å²) in [7, 11) is 3.34. The van der Waals surface area contributed by atoms with Gasteiger partial charge in [0, 0.05) is 31.4 Å². The molecule has 0 amide bonds. The molecule has 0 aromatic carbocycles. The highest BCUT2D eigenvalue weighted by Crippen LogP contribution is 2.45. The fraction of sp³-hybridized carbons (Fsp3) is 0.919. The van der Waals surface area contributed by atoms with E-state index in [-0.39, 0.29) is 36.8 Å². The van der Waals surface area contributed by atoms with E-state index >= 15 is 0 Å². The second-order valence-corrected chi connectivity index (χ2v) is 15.9. The minimum Gasteiger partial charge on any atom is -0.462 e. The lowest BCUT2D eigenvalue weighted by molar-refractivity contribution is -0.298. The molecule has 2 unspecified atom stereocenters. The molecule has 3 heterocycles. The summed E-state index contributed by atoms with van der Waals surface area (Å²) in [4.78, 5) is 14.2. The van der Waals surface area contributed by atoms with E-state index < -0.39 is 89.9 Å². The highest BCUT2D eigenvalue weighted by Gasteiger charge is 2.54. The Kier molecular flexibility index (Phi) is 14.2. The standard InChI is InChI=1S/C37H67NO10/c1-14-27-22(6)30(39)21(5)20(4)18(2)16-36(10,43)33(48-35-31(40)26(38-12)15-19(3)45-35)23(7)29(24(8)34(42)47-27)28-17-37(11,44-13)32(41)25(9)46-28/h18-20,22-33,35,38-41,43H,5,14-17H2,1-4,6-13H3/t18-,19-,20+,22+,23+,24-,25+,26+,27-,28?,29?,30-,31-,32+,33-,35+,36-,37-/m1/s1. The summed E-state index contributed by atoms with van der Waals surface area (Å²) < 4.78 is 31.5. The van der Waals surface area contributed by atoms with Crippen LogP contribution in [0.5, 0.6) is 0 Å². The lowest BCUT2D eigenvalue weighted by Gasteiger charge is -2.51. The Bertz CT molecular complexity index is 1070. The SMILES string of the molecule is C=C1[C@@H](C)[C@H](C)C[C@@](C)(O)[C@H](O[C@@H]2O[C@H](C)C[C@H](NC)[C@H]2O)[C@@H](C)C(C2C[C@@](C)(OC)[C@@H](O)[C@H](C)O2)[C@@H](C)C(=O)O[C@H](CC)[C@H](C)[C@@H]1O. The number of carbonyl (C=O) groups is 1. The monoisotopic (exact) mass is 685 g/mol. The van der Waals surface area contributed by atoms with Crippen LogP contribution in [0, 0.1) is 35.5 Å². The number of methoxy groups -OCH3 is 1. The van der Waals surface area contributed by atoms with Crippen molar-refractivity contribution in [2.24, 2.45) is 35.5 Å². The van der Waals surface area contributed by atoms with Crippen molar-refractivity contribution >= 4 is 5.97 Å². The van der Waals surface area contributed by atoms with E-state index in [2.05, 4.69) is 11.9 Å². The molecule has 3 saturated heterocycles. The normalized spacial score (nSPS) is 50.4. The van der Waals surface area contributed by atoms with Crippen LogP contribution >= 0.6 is 0 Å². The summed E-state index contributed by atoms with van der Waals surface area (Å²) in [6, 6.07) is -0.287. The van der Waals surface area contributed by atoms with Gasteiger partial charge in [0.05, 0.1) is 47.6 Å². The summed E-state index contributed by atoms with van der Waals surface area (Å²) in [6.45, 7) is 23.1. The quantitative estimate of drug-likeness (QED) is 0.206. The van der Waals surface area contributed by atoms with Crippen molar-refractivity contribution in [2.45, 2.75) is 167 Å². The number of rotatable bonds is 6. The maximum absolute atomic E-state index is 14.2. The predicted octanol–water partition coefficient (Wildman–Crippen LogP) is 3.59. The Morgan fingerprint density at radius 3 is 2.17 bits per heavy atom. The Balaban J connectivity index is 2.20. The van der Waals surface area contributed by atoms with Gasteiger partial charge < -0.3 is 49.4 Å². The van der Waals surface area contributed by atoms with Crippen molar-refractivity contribution in [3.05, 3.63) is 12.2 Å². The summed E-state index contributed by atoms with van der Waals surface area (Å²) in [6.07, 6.45) is -5.20. The molecular formula is C37H67NO10. The van der Waals surface area contributed by atoms with Crippen LogP contribution in [-0.4, -0.2) is 113 Å². The molecule has 0 aromatic heterocycles. The molecule has 0 radical (unpaired) electrons. The van der Waals surface area contributed by atoms with Crippen LogP contribution in [0.15, 0.2) is 12.2 Å². The first kappa shape index (κ1) is 41.3. The van der Waals surface area contributed by atoms with Crippen molar-refractivity contribution in [3.8, 4) is 0 Å². The van der Waals surface area contributed by atoms with Crippen LogP contribution in [0.1, 0.15) is 94.9 Å². The van der Waals surface area contributed by atoms with Crippen molar-refractivity contribution in [3.63, 3.8) is 0 Å². The second kappa shape index (κ2) is 16.5. The van der Waals surface area contributed by atoms with Gasteiger partial charge in [-0.2, -0.15) is 0 Å². The second-order valence-electron chi connectivity index (χ2n) is 15.9. The van der Waals surface area contributed by atoms with Gasteiger partial charge in [-0.1, -0.05) is 48.1 Å². The van der Waals surface area contributed by atoms with Gasteiger partial charge in [-0.15, -0.1) is 0 Å². The average Bonchev–Trinajstić information content (AvgIpc) is 3.03. The number of aliphatic hydroxyl groups excluding tert-OH is 3. The van der Waals surface area contributed by atoms with Crippen LogP contribution in [0.3, 0.4) is 0 Å². The topological polar surface area (TPSA) is 156 Å². The molecule has 0 spiro atoms. The smallest absolute Gasteiger partial charge is 0.309 e. The highest BCUT2D eigenvalue weighted by molar-refractivity contribution is 5.72. The fourth-order valence-corrected chi connectivity index (χ4v) is 8.69. The molecule has 0 aromatic rings. The van der Waals surface area contributed by atoms with Gasteiger partial charge in [-0.3, -0.25) is 4.79 Å². The fourth-order valence-electron chi connectivity index (χ4n) is 8.69. The minimum atomic E-state index is -1.49. The maximum atomic E-state index is 14.2. The van der Waals surface area contributed by atoms with Crippen molar-refractivity contribution < 1.29 is 48.9 Å². The molecule has 11 heteroatoms. The number of hydrogen-bond donors (Lipinski definition) is 5. The summed E-state index contributed by atoms with van der Waals surface area (Å²) in [5.41, 5.74) is -1.84. The number of esters is 1. The van der Waals surface area contributed by atoms with Gasteiger partial charge in [0.15, 0.2) is 6.29 Å². The van der Waals surface area contributed by atoms with Crippen LogP contribution in [-0.2, 0) is 28.5 Å². The third-order valence-corrected chi connectivity index (χ3v) is 12.2. The third kappa shape index (κ3) is 8.65. The molecule has 3 fully saturated rings. The molecule has 3 aliphatic heterocycles. The molecule has 48 heavy (non-hydrogen) atoms. The van der Waals surface area contributed by atoms with E-state index in [0.717, 1.165) is 0 Å². The van der Waals surface area contributed by atoms with Crippen molar-refractivity contribution in [1.82, 2.24) is 5.32 Å². The number of carbonyl (C=O) groups excluding carboxylic acids is 1. The van der Waals surface area contributed by atoms with Gasteiger partial charge in [-0.25, -0.2) is 0 Å². The zero-order valence-corrected chi connectivity index (χ0v) is 31.5. The maximum Gasteiger partial charge on any atom is 0.309 e. The molecule has 3 rings (SSSR count). The number of aliphatic hydroxyl groups is 4. The van der Waals surface area contributed by atoms with Crippen LogP contribution in [0.25, 0.3) is 0 Å². The van der Waals surface area contributed by atoms with Gasteiger partial charge >= 0.3 is 5.97 Å². The molecule has 11 nitrogen and oxygen atoms in total. The average molecular weight is 686 g/mol. The number of hydrogen-bond acceptors (Lipinski definition) is 11. The minimum absolute atomic E-state index is 0.131. The lowest BCUT2D eigenvalue weighted by Crippen LogP contribution is -2.61. The van der Waals surface area contributed by atoms with E-state index in [4.69, 9.17) is 23.7 Å². The molecule has 0 aliphatic carbocycles. The first-order valence-corrected chi connectivity index (χ1v) is 18.1. The van der Waals surface area contributed by atoms with E-state index in [1.807, 2.05) is 48.5 Å². The number of nitrogens with one attached hydrogen (secondary N) is 1. The molecule has 18 atom stereocenters. The zero-order valence-electron chi connectivity index (χ0n) is 31.5. The van der Waals surface area contributed by atoms with Crippen molar-refractivity contribution in [1.29, 1.82) is 0 Å². The summed E-state index contributed by atoms with van der Waals surface area (Å²) >= 11 is 0. The number of likely N-dealkylation sites (N-methyl/N-ethyl adjacent to an activating group) is 1. The van der Waals surface area contributed by atoms with E-state index in [1.54, 1.807) is 34.9 Å². The Morgan fingerprint density at radius 2 is 1.60 bits per heavy atom. The molecule has 5 N–H and O–H groups in total. The molecule has 3 aliphatic rings. The van der Waals surface area contributed by atoms with E-state index in [9.17, 15) is 25.2 Å². The van der Waals surface area contributed by atoms with Crippen LogP contribution < -0.4 is 5.32 Å².